The van der Waals surface area contributed by atoms with Crippen LogP contribution >= 0.6 is 34.4 Å². The summed E-state index contributed by atoms with van der Waals surface area (Å²) in [5.74, 6) is 1.65. The van der Waals surface area contributed by atoms with Gasteiger partial charge < -0.3 is 10.6 Å². The first-order valence-electron chi connectivity index (χ1n) is 11.4. The van der Waals surface area contributed by atoms with Crippen LogP contribution in [0, 0.1) is 0 Å². The molecule has 1 aliphatic carbocycles. The van der Waals surface area contributed by atoms with E-state index < -0.39 is 0 Å². The third-order valence-electron chi connectivity index (χ3n) is 4.99. The molecule has 0 radical (unpaired) electrons. The molecule has 3 aromatic rings. The van der Waals surface area contributed by atoms with Crippen LogP contribution in [0.25, 0.3) is 0 Å². The first-order valence-corrected chi connectivity index (χ1v) is 14.1. The van der Waals surface area contributed by atoms with Gasteiger partial charge >= 0.3 is 0 Å². The van der Waals surface area contributed by atoms with E-state index in [-0.39, 0.29) is 11.8 Å². The van der Waals surface area contributed by atoms with Gasteiger partial charge in [-0.05, 0) is 35.5 Å². The molecule has 2 amide bonds. The van der Waals surface area contributed by atoms with Crippen LogP contribution in [0.4, 0.5) is 10.3 Å². The van der Waals surface area contributed by atoms with Crippen molar-refractivity contribution in [3.63, 3.8) is 0 Å². The number of nitrogens with zero attached hydrogens (tertiary/aromatic N) is 4. The number of rotatable bonds is 12. The van der Waals surface area contributed by atoms with Gasteiger partial charge in [0.15, 0.2) is 0 Å². The Morgan fingerprint density at radius 2 is 1.46 bits per heavy atom. The number of hydrogen-bond donors (Lipinski definition) is 2. The van der Waals surface area contributed by atoms with E-state index in [1.54, 1.807) is 11.8 Å². The van der Waals surface area contributed by atoms with E-state index in [9.17, 15) is 9.59 Å². The van der Waals surface area contributed by atoms with Crippen molar-refractivity contribution in [2.75, 3.05) is 22.1 Å². The largest absolute Gasteiger partial charge is 0.300 e. The average molecular weight is 527 g/mol. The van der Waals surface area contributed by atoms with Gasteiger partial charge in [0.2, 0.25) is 22.1 Å². The number of carbonyl (C=O) groups excluding carboxylic acids is 2. The lowest BCUT2D eigenvalue weighted by Gasteiger charge is -2.05. The first kappa shape index (κ1) is 25.2. The summed E-state index contributed by atoms with van der Waals surface area (Å²) in [6.45, 7) is 0. The summed E-state index contributed by atoms with van der Waals surface area (Å²) in [6, 6.07) is 9.61. The average Bonchev–Trinajstić information content (AvgIpc) is 3.49. The molecule has 0 spiro atoms. The van der Waals surface area contributed by atoms with Gasteiger partial charge in [0.05, 0.1) is 12.8 Å². The summed E-state index contributed by atoms with van der Waals surface area (Å²) in [5.41, 5.74) is 2.01. The molecule has 35 heavy (non-hydrogen) atoms. The second-order valence-corrected chi connectivity index (χ2v) is 11.2. The maximum absolute atomic E-state index is 12.2. The van der Waals surface area contributed by atoms with Crippen LogP contribution in [0.2, 0.25) is 0 Å². The molecule has 2 aromatic heterocycles. The second-order valence-electron chi connectivity index (χ2n) is 7.81. The van der Waals surface area contributed by atoms with Gasteiger partial charge in [-0.2, -0.15) is 11.8 Å². The minimum Gasteiger partial charge on any atom is -0.300 e. The number of hydrogen-bond acceptors (Lipinski definition) is 9. The molecule has 4 rings (SSSR count). The lowest BCUT2D eigenvalue weighted by molar-refractivity contribution is -0.116. The Kier molecular flexibility index (Phi) is 9.56. The number of carbonyl (C=O) groups is 2. The summed E-state index contributed by atoms with van der Waals surface area (Å²) in [7, 11) is 0. The van der Waals surface area contributed by atoms with Gasteiger partial charge in [0, 0.05) is 12.8 Å². The number of benzene rings is 1. The first-order chi connectivity index (χ1) is 17.1. The third-order valence-corrected chi connectivity index (χ3v) is 7.77. The summed E-state index contributed by atoms with van der Waals surface area (Å²) in [6.07, 6.45) is 10.5. The molecule has 0 aliphatic heterocycles. The van der Waals surface area contributed by atoms with Crippen LogP contribution in [-0.2, 0) is 28.9 Å². The van der Waals surface area contributed by atoms with Crippen molar-refractivity contribution in [3.8, 4) is 0 Å². The zero-order valence-corrected chi connectivity index (χ0v) is 21.6. The fourth-order valence-corrected chi connectivity index (χ4v) is 5.97. The molecule has 182 valence electrons. The molecule has 11 heteroatoms. The SMILES string of the molecule is O=C(CC1=CCCC=C1)Nc1nnc(CCSCCc2nnc(NC(=O)Cc3ccccc3)s2)s1. The zero-order chi connectivity index (χ0) is 24.3. The van der Waals surface area contributed by atoms with Gasteiger partial charge in [-0.1, -0.05) is 71.2 Å². The van der Waals surface area contributed by atoms with Crippen LogP contribution < -0.4 is 10.6 Å². The Balaban J connectivity index is 1.11. The molecule has 0 atom stereocenters. The van der Waals surface area contributed by atoms with Crippen molar-refractivity contribution >= 4 is 56.5 Å². The Labute approximate surface area is 216 Å². The van der Waals surface area contributed by atoms with Gasteiger partial charge in [0.25, 0.3) is 0 Å². The minimum atomic E-state index is -0.0937. The molecular formula is C24H26N6O2S3. The van der Waals surface area contributed by atoms with Crippen LogP contribution in [0.1, 0.15) is 34.8 Å². The van der Waals surface area contributed by atoms with Crippen LogP contribution in [-0.4, -0.2) is 43.7 Å². The molecule has 0 saturated heterocycles. The van der Waals surface area contributed by atoms with E-state index in [0.29, 0.717) is 23.1 Å². The van der Waals surface area contributed by atoms with E-state index in [1.165, 1.54) is 22.7 Å². The van der Waals surface area contributed by atoms with Crippen LogP contribution in [0.5, 0.6) is 0 Å². The fraction of sp³-hybridized carbons (Fsp3) is 0.333. The van der Waals surface area contributed by atoms with E-state index in [4.69, 9.17) is 0 Å². The lowest BCUT2D eigenvalue weighted by atomic mass is 10.0. The zero-order valence-electron chi connectivity index (χ0n) is 19.1. The number of anilines is 2. The van der Waals surface area contributed by atoms with Gasteiger partial charge in [0.1, 0.15) is 10.0 Å². The smallest absolute Gasteiger partial charge is 0.230 e. The normalized spacial score (nSPS) is 12.9. The number of amides is 2. The lowest BCUT2D eigenvalue weighted by Crippen LogP contribution is -2.14. The highest BCUT2D eigenvalue weighted by Crippen LogP contribution is 2.21. The van der Waals surface area contributed by atoms with E-state index in [1.807, 2.05) is 36.4 Å². The predicted molar refractivity (Wildman–Crippen MR) is 143 cm³/mol. The van der Waals surface area contributed by atoms with Crippen molar-refractivity contribution < 1.29 is 9.59 Å². The number of nitrogens with one attached hydrogen (secondary N) is 2. The maximum Gasteiger partial charge on any atom is 0.230 e. The van der Waals surface area contributed by atoms with Crippen molar-refractivity contribution in [2.24, 2.45) is 0 Å². The van der Waals surface area contributed by atoms with E-state index >= 15 is 0 Å². The number of thioether (sulfide) groups is 1. The van der Waals surface area contributed by atoms with Crippen molar-refractivity contribution in [2.45, 2.75) is 38.5 Å². The van der Waals surface area contributed by atoms with E-state index in [0.717, 1.165) is 58.3 Å². The van der Waals surface area contributed by atoms with Gasteiger partial charge in [-0.15, -0.1) is 20.4 Å². The van der Waals surface area contributed by atoms with Crippen LogP contribution in [0.3, 0.4) is 0 Å². The fourth-order valence-electron chi connectivity index (χ4n) is 3.32. The maximum atomic E-state index is 12.2. The molecule has 0 saturated carbocycles. The predicted octanol–water partition coefficient (Wildman–Crippen LogP) is 4.69. The van der Waals surface area contributed by atoms with Crippen molar-refractivity contribution in [1.29, 1.82) is 0 Å². The molecule has 0 fully saturated rings. The summed E-state index contributed by atoms with van der Waals surface area (Å²) in [5, 5.41) is 25.1. The molecular weight excluding hydrogens is 501 g/mol. The second kappa shape index (κ2) is 13.3. The summed E-state index contributed by atoms with van der Waals surface area (Å²) in [4.78, 5) is 24.3. The van der Waals surface area contributed by atoms with Crippen molar-refractivity contribution in [3.05, 3.63) is 69.7 Å². The van der Waals surface area contributed by atoms with Gasteiger partial charge in [-0.3, -0.25) is 9.59 Å². The highest BCUT2D eigenvalue weighted by Gasteiger charge is 2.11. The highest BCUT2D eigenvalue weighted by atomic mass is 32.2. The van der Waals surface area contributed by atoms with E-state index in [2.05, 4.69) is 43.2 Å². The standard InChI is InChI=1S/C24H26N6O2S3/c31-19(15-17-7-3-1-4-8-17)25-23-29-27-21(34-23)11-13-33-14-12-22-28-30-24(35-22)26-20(32)16-18-9-5-2-6-10-18/h1,3-5,7-10H,2,6,11-16H2,(H,25,29,31)(H,26,30,32). The quantitative estimate of drug-likeness (QED) is 0.329. The number of aromatic nitrogens is 4. The highest BCUT2D eigenvalue weighted by molar-refractivity contribution is 7.99. The van der Waals surface area contributed by atoms with Crippen LogP contribution in [0.15, 0.2) is 54.1 Å². The molecule has 2 N–H and O–H groups in total. The third kappa shape index (κ3) is 8.68. The molecule has 8 nitrogen and oxygen atoms in total. The Morgan fingerprint density at radius 3 is 2.06 bits per heavy atom. The van der Waals surface area contributed by atoms with Crippen molar-refractivity contribution in [1.82, 2.24) is 20.4 Å². The summed E-state index contributed by atoms with van der Waals surface area (Å²) >= 11 is 4.64. The monoisotopic (exact) mass is 526 g/mol. The molecule has 1 aromatic carbocycles. The molecule has 2 heterocycles. The Morgan fingerprint density at radius 1 is 0.829 bits per heavy atom. The number of allylic oxidation sites excluding steroid dienone is 3. The molecule has 0 bridgehead atoms. The van der Waals surface area contributed by atoms with Gasteiger partial charge in [-0.25, -0.2) is 0 Å². The topological polar surface area (TPSA) is 110 Å². The molecule has 0 unspecified atom stereocenters. The Bertz CT molecular complexity index is 1190. The minimum absolute atomic E-state index is 0.0624. The summed E-state index contributed by atoms with van der Waals surface area (Å²) < 4.78 is 0. The molecule has 1 aliphatic rings. The number of aryl methyl sites for hydroxylation is 2. The Hall–Kier alpha value is -2.89.